The third-order valence-corrected chi connectivity index (χ3v) is 8.37. The van der Waals surface area contributed by atoms with E-state index in [1.807, 2.05) is 0 Å². The fourth-order valence-corrected chi connectivity index (χ4v) is 6.15. The molecule has 0 spiro atoms. The zero-order chi connectivity index (χ0) is 30.2. The monoisotopic (exact) mass is 558 g/mol. The Balaban J connectivity index is 1.50. The van der Waals surface area contributed by atoms with Crippen LogP contribution >= 0.6 is 0 Å². The van der Waals surface area contributed by atoms with Crippen LogP contribution in [0.15, 0.2) is 103 Å². The lowest BCUT2D eigenvalue weighted by molar-refractivity contribution is 1.18. The smallest absolute Gasteiger partial charge is 0.160 e. The van der Waals surface area contributed by atoms with E-state index in [0.29, 0.717) is 0 Å². The molecule has 0 unspecified atom stereocenters. The molecule has 1 heterocycles. The van der Waals surface area contributed by atoms with Gasteiger partial charge in [-0.25, -0.2) is 9.97 Å². The van der Waals surface area contributed by atoms with Crippen LogP contribution in [0.5, 0.6) is 0 Å². The van der Waals surface area contributed by atoms with Crippen molar-refractivity contribution in [2.75, 3.05) is 0 Å². The summed E-state index contributed by atoms with van der Waals surface area (Å²) in [6.07, 6.45) is 0. The number of benzene rings is 5. The maximum atomic E-state index is 5.13. The summed E-state index contributed by atoms with van der Waals surface area (Å²) in [4.78, 5) is 10.3. The van der Waals surface area contributed by atoms with E-state index in [1.54, 1.807) is 0 Å². The van der Waals surface area contributed by atoms with Crippen LogP contribution in [-0.2, 0) is 0 Å². The van der Waals surface area contributed by atoms with Crippen molar-refractivity contribution in [1.82, 2.24) is 9.97 Å². The Morgan fingerprint density at radius 2 is 0.628 bits per heavy atom. The summed E-state index contributed by atoms with van der Waals surface area (Å²) in [7, 11) is 0. The van der Waals surface area contributed by atoms with Crippen molar-refractivity contribution in [2.45, 2.75) is 48.5 Å². The van der Waals surface area contributed by atoms with Gasteiger partial charge in [-0.15, -0.1) is 0 Å². The molecule has 2 heteroatoms. The number of aryl methyl sites for hydroxylation is 7. The van der Waals surface area contributed by atoms with E-state index < -0.39 is 0 Å². The molecule has 5 aromatic carbocycles. The van der Waals surface area contributed by atoms with Gasteiger partial charge in [-0.05, 0) is 123 Å². The molecule has 1 aromatic heterocycles. The van der Waals surface area contributed by atoms with E-state index >= 15 is 0 Å². The molecule has 0 bridgehead atoms. The van der Waals surface area contributed by atoms with Crippen LogP contribution in [0.1, 0.15) is 38.9 Å². The lowest BCUT2D eigenvalue weighted by Crippen LogP contribution is -1.98. The summed E-state index contributed by atoms with van der Waals surface area (Å²) in [6.45, 7) is 15.2. The van der Waals surface area contributed by atoms with Crippen molar-refractivity contribution >= 4 is 0 Å². The molecule has 0 atom stereocenters. The van der Waals surface area contributed by atoms with Crippen molar-refractivity contribution < 1.29 is 0 Å². The molecule has 0 aliphatic rings. The first-order valence-electron chi connectivity index (χ1n) is 15.0. The van der Waals surface area contributed by atoms with Crippen LogP contribution in [0.4, 0.5) is 0 Å². The Bertz CT molecular complexity index is 1780. The molecule has 0 saturated carbocycles. The summed E-state index contributed by atoms with van der Waals surface area (Å²) < 4.78 is 0. The first-order chi connectivity index (χ1) is 20.7. The molecular weight excluding hydrogens is 520 g/mol. The van der Waals surface area contributed by atoms with Crippen LogP contribution in [-0.4, -0.2) is 9.97 Å². The fraction of sp³-hybridized carbons (Fsp3) is 0.171. The predicted molar refractivity (Wildman–Crippen MR) is 182 cm³/mol. The standard InChI is InChI=1S/C41H38N2/c1-25-8-14-32(15-9-25)39-28(4)20-35(21-29(39)5)37-24-38(43-41(42-37)34-18-12-27(3)13-19-34)36-22-30(6)40(31(7)23-36)33-16-10-26(2)11-17-33/h8-24H,1-7H3. The van der Waals surface area contributed by atoms with Gasteiger partial charge < -0.3 is 0 Å². The van der Waals surface area contributed by atoms with Crippen LogP contribution in [0.2, 0.25) is 0 Å². The van der Waals surface area contributed by atoms with Gasteiger partial charge in [0, 0.05) is 16.7 Å². The molecule has 6 rings (SSSR count). The molecule has 0 aliphatic carbocycles. The van der Waals surface area contributed by atoms with Gasteiger partial charge >= 0.3 is 0 Å². The maximum Gasteiger partial charge on any atom is 0.160 e. The first kappa shape index (κ1) is 28.3. The van der Waals surface area contributed by atoms with Crippen molar-refractivity contribution in [2.24, 2.45) is 0 Å². The zero-order valence-electron chi connectivity index (χ0n) is 26.2. The van der Waals surface area contributed by atoms with Crippen molar-refractivity contribution in [1.29, 1.82) is 0 Å². The summed E-state index contributed by atoms with van der Waals surface area (Å²) in [5.74, 6) is 0.739. The van der Waals surface area contributed by atoms with Gasteiger partial charge in [0.2, 0.25) is 0 Å². The van der Waals surface area contributed by atoms with Crippen LogP contribution in [0.3, 0.4) is 0 Å². The lowest BCUT2D eigenvalue weighted by atomic mass is 9.91. The highest BCUT2D eigenvalue weighted by Crippen LogP contribution is 2.36. The molecule has 2 nitrogen and oxygen atoms in total. The average Bonchev–Trinajstić information content (AvgIpc) is 2.98. The predicted octanol–water partition coefficient (Wildman–Crippen LogP) is 11.0. The van der Waals surface area contributed by atoms with Gasteiger partial charge in [-0.1, -0.05) is 89.5 Å². The Kier molecular flexibility index (Phi) is 7.54. The van der Waals surface area contributed by atoms with Crippen molar-refractivity contribution in [3.05, 3.63) is 142 Å². The van der Waals surface area contributed by atoms with Gasteiger partial charge in [0.05, 0.1) is 11.4 Å². The van der Waals surface area contributed by atoms with E-state index in [4.69, 9.17) is 9.97 Å². The third kappa shape index (κ3) is 5.79. The Morgan fingerprint density at radius 1 is 0.326 bits per heavy atom. The molecule has 0 radical (unpaired) electrons. The Labute approximate surface area is 256 Å². The van der Waals surface area contributed by atoms with Gasteiger partial charge in [0.1, 0.15) is 0 Å². The van der Waals surface area contributed by atoms with Crippen LogP contribution in [0, 0.1) is 48.5 Å². The SMILES string of the molecule is Cc1ccc(-c2nc(-c3cc(C)c(-c4ccc(C)cc4)c(C)c3)cc(-c3cc(C)c(-c4ccc(C)cc4)c(C)c3)n2)cc1. The van der Waals surface area contributed by atoms with Crippen molar-refractivity contribution in [3.8, 4) is 56.2 Å². The van der Waals surface area contributed by atoms with E-state index in [1.165, 1.54) is 61.2 Å². The Morgan fingerprint density at radius 3 is 0.953 bits per heavy atom. The van der Waals surface area contributed by atoms with Gasteiger partial charge in [0.15, 0.2) is 5.82 Å². The highest BCUT2D eigenvalue weighted by molar-refractivity contribution is 5.80. The largest absolute Gasteiger partial charge is 0.228 e. The number of rotatable bonds is 5. The first-order valence-corrected chi connectivity index (χ1v) is 15.0. The number of hydrogen-bond acceptors (Lipinski definition) is 2. The molecule has 0 N–H and O–H groups in total. The average molecular weight is 559 g/mol. The summed E-state index contributed by atoms with van der Waals surface area (Å²) in [5.41, 5.74) is 18.9. The maximum absolute atomic E-state index is 5.13. The van der Waals surface area contributed by atoms with Gasteiger partial charge in [-0.2, -0.15) is 0 Å². The number of hydrogen-bond donors (Lipinski definition) is 0. The minimum atomic E-state index is 0.739. The zero-order valence-corrected chi connectivity index (χ0v) is 26.2. The minimum absolute atomic E-state index is 0.739. The molecule has 6 aromatic rings. The van der Waals surface area contributed by atoms with E-state index in [-0.39, 0.29) is 0 Å². The second-order valence-corrected chi connectivity index (χ2v) is 12.0. The summed E-state index contributed by atoms with van der Waals surface area (Å²) >= 11 is 0. The lowest BCUT2D eigenvalue weighted by Gasteiger charge is -2.16. The minimum Gasteiger partial charge on any atom is -0.228 e. The molecule has 0 saturated heterocycles. The van der Waals surface area contributed by atoms with E-state index in [2.05, 4.69) is 152 Å². The van der Waals surface area contributed by atoms with E-state index in [9.17, 15) is 0 Å². The van der Waals surface area contributed by atoms with Crippen LogP contribution < -0.4 is 0 Å². The normalized spacial score (nSPS) is 11.1. The molecule has 43 heavy (non-hydrogen) atoms. The van der Waals surface area contributed by atoms with E-state index in [0.717, 1.165) is 33.9 Å². The Hall–Kier alpha value is -4.82. The number of aromatic nitrogens is 2. The molecule has 0 amide bonds. The third-order valence-electron chi connectivity index (χ3n) is 8.37. The molecule has 0 aliphatic heterocycles. The second-order valence-electron chi connectivity index (χ2n) is 12.0. The van der Waals surface area contributed by atoms with Crippen LogP contribution in [0.25, 0.3) is 56.2 Å². The summed E-state index contributed by atoms with van der Waals surface area (Å²) in [6, 6.07) is 37.3. The molecule has 212 valence electrons. The van der Waals surface area contributed by atoms with Gasteiger partial charge in [0.25, 0.3) is 0 Å². The van der Waals surface area contributed by atoms with Gasteiger partial charge in [-0.3, -0.25) is 0 Å². The summed E-state index contributed by atoms with van der Waals surface area (Å²) in [5, 5.41) is 0. The second kappa shape index (κ2) is 11.5. The highest BCUT2D eigenvalue weighted by atomic mass is 14.9. The molecular formula is C41H38N2. The highest BCUT2D eigenvalue weighted by Gasteiger charge is 2.16. The van der Waals surface area contributed by atoms with Crippen molar-refractivity contribution in [3.63, 3.8) is 0 Å². The number of nitrogens with zero attached hydrogens (tertiary/aromatic N) is 2. The topological polar surface area (TPSA) is 25.8 Å². The quantitative estimate of drug-likeness (QED) is 0.210. The molecule has 0 fully saturated rings. The fourth-order valence-electron chi connectivity index (χ4n) is 6.15.